The summed E-state index contributed by atoms with van der Waals surface area (Å²) in [6, 6.07) is 29.8. The van der Waals surface area contributed by atoms with Gasteiger partial charge in [-0.05, 0) is 28.7 Å². The Balaban J connectivity index is 1.35. The Kier molecular flexibility index (Phi) is 9.67. The molecule has 2 heterocycles. The number of rotatable bonds is 10. The van der Waals surface area contributed by atoms with Crippen molar-refractivity contribution >= 4 is 5.97 Å². The van der Waals surface area contributed by atoms with Crippen LogP contribution >= 0.6 is 0 Å². The standard InChI is InChI=1S/C36H38O10/c1-42-33(41)27-21-43-34(46-35-32(40)31(39)30(38)28(19-37)45-35)29-22(17-18-26(27)29)20-44-36(23-11-5-2-6-12-23,24-13-7-3-8-14-24)25-15-9-4-10-16-25/h2-17,21,26,28-32,34-35,37-40H,18-20H2,1H3/t26-,28-,29-,30-,31+,32-,34+,35+/m1/s1. The molecule has 1 fully saturated rings. The minimum Gasteiger partial charge on any atom is -0.471 e. The third-order valence-corrected chi connectivity index (χ3v) is 9.05. The van der Waals surface area contributed by atoms with Crippen LogP contribution < -0.4 is 0 Å². The van der Waals surface area contributed by atoms with Crippen molar-refractivity contribution in [1.82, 2.24) is 0 Å². The van der Waals surface area contributed by atoms with E-state index < -0.39 is 67.0 Å². The zero-order valence-electron chi connectivity index (χ0n) is 25.3. The van der Waals surface area contributed by atoms with Crippen LogP contribution in [0.15, 0.2) is 114 Å². The van der Waals surface area contributed by atoms with E-state index in [1.807, 2.05) is 97.1 Å². The molecule has 0 unspecified atom stereocenters. The topological polar surface area (TPSA) is 144 Å². The van der Waals surface area contributed by atoms with Crippen molar-refractivity contribution in [1.29, 1.82) is 0 Å². The fourth-order valence-electron chi connectivity index (χ4n) is 6.68. The van der Waals surface area contributed by atoms with Crippen molar-refractivity contribution in [2.24, 2.45) is 11.8 Å². The first-order valence-corrected chi connectivity index (χ1v) is 15.3. The molecule has 242 valence electrons. The summed E-state index contributed by atoms with van der Waals surface area (Å²) in [6.45, 7) is -0.486. The third kappa shape index (κ3) is 5.89. The highest BCUT2D eigenvalue weighted by Crippen LogP contribution is 2.47. The van der Waals surface area contributed by atoms with Gasteiger partial charge in [-0.3, -0.25) is 0 Å². The van der Waals surface area contributed by atoms with Gasteiger partial charge in [-0.25, -0.2) is 4.79 Å². The van der Waals surface area contributed by atoms with E-state index in [4.69, 9.17) is 23.7 Å². The zero-order valence-corrected chi connectivity index (χ0v) is 25.3. The normalized spacial score (nSPS) is 29.2. The van der Waals surface area contributed by atoms with Crippen molar-refractivity contribution in [2.75, 3.05) is 20.3 Å². The molecule has 3 aromatic rings. The van der Waals surface area contributed by atoms with Crippen LogP contribution in [0.2, 0.25) is 0 Å². The number of benzene rings is 3. The van der Waals surface area contributed by atoms with E-state index in [0.29, 0.717) is 12.0 Å². The summed E-state index contributed by atoms with van der Waals surface area (Å²) in [5.74, 6) is -1.50. The molecule has 0 bridgehead atoms. The van der Waals surface area contributed by atoms with E-state index in [1.165, 1.54) is 13.4 Å². The van der Waals surface area contributed by atoms with Gasteiger partial charge in [0.15, 0.2) is 6.29 Å². The summed E-state index contributed by atoms with van der Waals surface area (Å²) in [6.07, 6.45) is -4.70. The first-order valence-electron chi connectivity index (χ1n) is 15.3. The lowest BCUT2D eigenvalue weighted by molar-refractivity contribution is -0.339. The average Bonchev–Trinajstić information content (AvgIpc) is 3.54. The second-order valence-electron chi connectivity index (χ2n) is 11.6. The van der Waals surface area contributed by atoms with Crippen LogP contribution in [-0.2, 0) is 34.1 Å². The minimum atomic E-state index is -1.63. The highest BCUT2D eigenvalue weighted by molar-refractivity contribution is 5.89. The highest BCUT2D eigenvalue weighted by Gasteiger charge is 2.50. The number of methoxy groups -OCH3 is 1. The predicted molar refractivity (Wildman–Crippen MR) is 165 cm³/mol. The van der Waals surface area contributed by atoms with Gasteiger partial charge in [0.05, 0.1) is 38.1 Å². The molecule has 10 nitrogen and oxygen atoms in total. The number of fused-ring (bicyclic) bond motifs is 1. The first kappa shape index (κ1) is 32.1. The Labute approximate surface area is 267 Å². The van der Waals surface area contributed by atoms with Gasteiger partial charge in [0.2, 0.25) is 6.29 Å². The summed E-state index contributed by atoms with van der Waals surface area (Å²) in [4.78, 5) is 12.8. The second-order valence-corrected chi connectivity index (χ2v) is 11.6. The lowest BCUT2D eigenvalue weighted by Gasteiger charge is -2.43. The van der Waals surface area contributed by atoms with Gasteiger partial charge in [-0.1, -0.05) is 97.1 Å². The van der Waals surface area contributed by atoms with Gasteiger partial charge in [0, 0.05) is 5.92 Å². The zero-order chi connectivity index (χ0) is 32.3. The molecule has 10 heteroatoms. The van der Waals surface area contributed by atoms with Crippen LogP contribution in [0.25, 0.3) is 0 Å². The van der Waals surface area contributed by atoms with Crippen LogP contribution in [0.3, 0.4) is 0 Å². The Morgan fingerprint density at radius 3 is 1.91 bits per heavy atom. The summed E-state index contributed by atoms with van der Waals surface area (Å²) in [5.41, 5.74) is 2.88. The number of carbonyl (C=O) groups is 1. The Bertz CT molecular complexity index is 1430. The van der Waals surface area contributed by atoms with Crippen molar-refractivity contribution in [2.45, 2.75) is 49.0 Å². The number of allylic oxidation sites excluding steroid dienone is 1. The number of carbonyl (C=O) groups excluding carboxylic acids is 1. The van der Waals surface area contributed by atoms with Gasteiger partial charge in [0.25, 0.3) is 0 Å². The lowest BCUT2D eigenvalue weighted by Crippen LogP contribution is -2.60. The maximum Gasteiger partial charge on any atom is 0.337 e. The molecule has 0 radical (unpaired) electrons. The number of aliphatic hydroxyl groups excluding tert-OH is 4. The van der Waals surface area contributed by atoms with Gasteiger partial charge in [0.1, 0.15) is 30.0 Å². The average molecular weight is 631 g/mol. The van der Waals surface area contributed by atoms with Crippen LogP contribution in [0.4, 0.5) is 0 Å². The molecule has 6 rings (SSSR count). The molecule has 1 aliphatic carbocycles. The molecular weight excluding hydrogens is 592 g/mol. The molecule has 0 spiro atoms. The quantitative estimate of drug-likeness (QED) is 0.150. The lowest BCUT2D eigenvalue weighted by atomic mass is 9.79. The number of hydrogen-bond acceptors (Lipinski definition) is 10. The van der Waals surface area contributed by atoms with Crippen LogP contribution in [0.1, 0.15) is 23.1 Å². The van der Waals surface area contributed by atoms with Gasteiger partial charge < -0.3 is 44.1 Å². The second kappa shape index (κ2) is 13.9. The predicted octanol–water partition coefficient (Wildman–Crippen LogP) is 2.79. The van der Waals surface area contributed by atoms with E-state index in [2.05, 4.69) is 0 Å². The molecule has 1 saturated heterocycles. The summed E-state index contributed by atoms with van der Waals surface area (Å²) < 4.78 is 29.8. The number of hydrogen-bond donors (Lipinski definition) is 4. The molecule has 46 heavy (non-hydrogen) atoms. The van der Waals surface area contributed by atoms with E-state index >= 15 is 0 Å². The van der Waals surface area contributed by atoms with Gasteiger partial charge in [-0.15, -0.1) is 0 Å². The fraction of sp³-hybridized carbons (Fsp3) is 0.361. The molecule has 3 aromatic carbocycles. The number of esters is 1. The van der Waals surface area contributed by atoms with Crippen molar-refractivity contribution < 1.29 is 48.9 Å². The Morgan fingerprint density at radius 2 is 1.39 bits per heavy atom. The highest BCUT2D eigenvalue weighted by atomic mass is 16.8. The number of aliphatic hydroxyl groups is 4. The van der Waals surface area contributed by atoms with Crippen LogP contribution in [-0.4, -0.2) is 83.7 Å². The van der Waals surface area contributed by atoms with Crippen molar-refractivity contribution in [3.05, 3.63) is 131 Å². The summed E-state index contributed by atoms with van der Waals surface area (Å²) in [7, 11) is 1.30. The molecule has 3 aliphatic rings. The first-order chi connectivity index (χ1) is 22.4. The fourth-order valence-corrected chi connectivity index (χ4v) is 6.68. The van der Waals surface area contributed by atoms with E-state index in [-0.39, 0.29) is 6.61 Å². The smallest absolute Gasteiger partial charge is 0.337 e. The van der Waals surface area contributed by atoms with E-state index in [9.17, 15) is 25.2 Å². The molecular formula is C36H38O10. The minimum absolute atomic E-state index is 0.117. The van der Waals surface area contributed by atoms with Gasteiger partial charge >= 0.3 is 5.97 Å². The van der Waals surface area contributed by atoms with Crippen LogP contribution in [0, 0.1) is 11.8 Å². The molecule has 2 aliphatic heterocycles. The van der Waals surface area contributed by atoms with Crippen LogP contribution in [0.5, 0.6) is 0 Å². The molecule has 8 atom stereocenters. The Hall–Kier alpha value is -3.87. The molecule has 0 amide bonds. The molecule has 0 aromatic heterocycles. The SMILES string of the molecule is COC(=O)C1=CO[C@@H](O[C@@H]2O[C@H](CO)[C@@H](O)[C@H](O)[C@H]2O)[C@@H]2C(COC(c3ccccc3)(c3ccccc3)c3ccccc3)=CC[C@H]12. The number of ether oxygens (including phenoxy) is 5. The Morgan fingerprint density at radius 1 is 0.826 bits per heavy atom. The van der Waals surface area contributed by atoms with Gasteiger partial charge in [-0.2, -0.15) is 0 Å². The van der Waals surface area contributed by atoms with E-state index in [1.54, 1.807) is 0 Å². The third-order valence-electron chi connectivity index (χ3n) is 9.05. The maximum atomic E-state index is 12.8. The monoisotopic (exact) mass is 630 g/mol. The molecule has 0 saturated carbocycles. The largest absolute Gasteiger partial charge is 0.471 e. The van der Waals surface area contributed by atoms with Crippen molar-refractivity contribution in [3.8, 4) is 0 Å². The summed E-state index contributed by atoms with van der Waals surface area (Å²) in [5, 5.41) is 41.0. The van der Waals surface area contributed by atoms with Crippen molar-refractivity contribution in [3.63, 3.8) is 0 Å². The maximum absolute atomic E-state index is 12.8. The summed E-state index contributed by atoms with van der Waals surface area (Å²) >= 11 is 0. The van der Waals surface area contributed by atoms with E-state index in [0.717, 1.165) is 22.3 Å². The molecule has 4 N–H and O–H groups in total.